The van der Waals surface area contributed by atoms with Crippen LogP contribution in [-0.2, 0) is 17.8 Å². The van der Waals surface area contributed by atoms with Gasteiger partial charge in [-0.25, -0.2) is 9.97 Å². The van der Waals surface area contributed by atoms with Crippen LogP contribution in [0.5, 0.6) is 5.88 Å². The topological polar surface area (TPSA) is 95.5 Å². The Balaban J connectivity index is 0.975. The van der Waals surface area contributed by atoms with Crippen molar-refractivity contribution >= 4 is 16.9 Å². The van der Waals surface area contributed by atoms with Crippen LogP contribution in [0.4, 0.5) is 13.2 Å². The van der Waals surface area contributed by atoms with Gasteiger partial charge in [0.25, 0.3) is 0 Å². The Hall–Kier alpha value is -3.18. The molecule has 11 heteroatoms. The number of imidazole rings is 1. The minimum Gasteiger partial charge on any atom is -0.477 e. The fourth-order valence-corrected chi connectivity index (χ4v) is 7.29. The largest absolute Gasteiger partial charge is 0.477 e. The van der Waals surface area contributed by atoms with Gasteiger partial charge in [-0.2, -0.15) is 13.2 Å². The maximum atomic E-state index is 13.2. The second kappa shape index (κ2) is 9.69. The van der Waals surface area contributed by atoms with Crippen LogP contribution in [0.15, 0.2) is 36.4 Å². The summed E-state index contributed by atoms with van der Waals surface area (Å²) in [5.41, 5.74) is 6.92. The summed E-state index contributed by atoms with van der Waals surface area (Å²) in [4.78, 5) is 23.8. The zero-order valence-corrected chi connectivity index (χ0v) is 22.8. The van der Waals surface area contributed by atoms with Crippen LogP contribution in [0.1, 0.15) is 66.3 Å². The van der Waals surface area contributed by atoms with Crippen molar-refractivity contribution in [2.75, 3.05) is 26.3 Å². The van der Waals surface area contributed by atoms with Crippen molar-refractivity contribution in [3.8, 4) is 5.88 Å². The molecule has 2 bridgehead atoms. The smallest absolute Gasteiger partial charge is 0.394 e. The first-order valence-corrected chi connectivity index (χ1v) is 14.4. The van der Waals surface area contributed by atoms with E-state index in [2.05, 4.69) is 9.47 Å². The number of alkyl halides is 3. The van der Waals surface area contributed by atoms with E-state index >= 15 is 0 Å². The molecule has 2 aromatic heterocycles. The molecule has 3 aromatic rings. The Morgan fingerprint density at radius 2 is 1.85 bits per heavy atom. The number of fused-ring (bicyclic) bond motifs is 1. The molecular weight excluding hydrogens is 535 g/mol. The maximum Gasteiger partial charge on any atom is 0.394 e. The molecule has 2 N–H and O–H groups in total. The van der Waals surface area contributed by atoms with Crippen molar-refractivity contribution in [3.63, 3.8) is 0 Å². The van der Waals surface area contributed by atoms with Crippen molar-refractivity contribution in [1.82, 2.24) is 19.4 Å². The third-order valence-corrected chi connectivity index (χ3v) is 9.68. The molecule has 5 aliphatic rings. The number of benzene rings is 1. The van der Waals surface area contributed by atoms with Crippen molar-refractivity contribution in [2.24, 2.45) is 16.6 Å². The van der Waals surface area contributed by atoms with Crippen molar-refractivity contribution in [3.05, 3.63) is 53.5 Å². The number of likely N-dealkylation sites (tertiary alicyclic amines) is 1. The van der Waals surface area contributed by atoms with E-state index in [-0.39, 0.29) is 30.8 Å². The molecule has 8 nitrogen and oxygen atoms in total. The lowest BCUT2D eigenvalue weighted by atomic mass is 9.35. The van der Waals surface area contributed by atoms with E-state index in [4.69, 9.17) is 25.2 Å². The number of amides is 1. The first kappa shape index (κ1) is 26.7. The zero-order chi connectivity index (χ0) is 28.4. The lowest BCUT2D eigenvalue weighted by molar-refractivity contribution is -0.367. The third kappa shape index (κ3) is 4.76. The Labute approximate surface area is 236 Å². The standard InChI is InChI=1S/C30H34F3N5O3/c31-30(32,33)29-15-28(16-29,17-29)18-41-26-3-1-2-22(36-26)19-6-9-37(10-7-19)14-25-35-23-5-4-20(27(34)39)12-24(23)38(25)13-21-8-11-40-21/h1-5,12,19,21H,6-11,13-18H2,(H2,34,39). The predicted octanol–water partition coefficient (Wildman–Crippen LogP) is 4.81. The predicted molar refractivity (Wildman–Crippen MR) is 144 cm³/mol. The van der Waals surface area contributed by atoms with Gasteiger partial charge in [0.1, 0.15) is 5.82 Å². The molecule has 0 radical (unpaired) electrons. The van der Waals surface area contributed by atoms with E-state index in [1.165, 1.54) is 0 Å². The number of nitrogens with zero attached hydrogens (tertiary/aromatic N) is 4. The molecular formula is C30H34F3N5O3. The van der Waals surface area contributed by atoms with Gasteiger partial charge in [0.05, 0.1) is 42.2 Å². The minimum atomic E-state index is -4.10. The molecule has 3 aliphatic carbocycles. The first-order valence-electron chi connectivity index (χ1n) is 14.4. The van der Waals surface area contributed by atoms with Crippen LogP contribution in [0, 0.1) is 10.8 Å². The summed E-state index contributed by atoms with van der Waals surface area (Å²) in [5, 5.41) is 0. The van der Waals surface area contributed by atoms with Crippen LogP contribution in [0.3, 0.4) is 0 Å². The SMILES string of the molecule is NC(=O)c1ccc2nc(CN3CCC(c4cccc(OCC56CC(C(F)(F)F)(C5)C6)n4)CC3)n(CC3CCO3)c2c1. The second-order valence-electron chi connectivity index (χ2n) is 12.5. The van der Waals surface area contributed by atoms with Crippen LogP contribution in [0.2, 0.25) is 0 Å². The van der Waals surface area contributed by atoms with Crippen molar-refractivity contribution < 1.29 is 27.4 Å². The molecule has 1 amide bonds. The van der Waals surface area contributed by atoms with E-state index in [1.54, 1.807) is 12.1 Å². The van der Waals surface area contributed by atoms with Crippen LogP contribution in [-0.4, -0.2) is 63.9 Å². The Kier molecular flexibility index (Phi) is 6.31. The number of nitrogens with two attached hydrogens (primary N) is 1. The molecule has 0 spiro atoms. The number of piperidine rings is 1. The number of carbonyl (C=O) groups excluding carboxylic acids is 1. The number of carbonyl (C=O) groups is 1. The highest BCUT2D eigenvalue weighted by Gasteiger charge is 2.78. The summed E-state index contributed by atoms with van der Waals surface area (Å²) >= 11 is 0. The average Bonchev–Trinajstić information content (AvgIpc) is 3.20. The minimum absolute atomic E-state index is 0.148. The molecule has 41 heavy (non-hydrogen) atoms. The van der Waals surface area contributed by atoms with Gasteiger partial charge in [0.2, 0.25) is 11.8 Å². The van der Waals surface area contributed by atoms with Gasteiger partial charge >= 0.3 is 6.18 Å². The molecule has 3 saturated carbocycles. The monoisotopic (exact) mass is 569 g/mol. The van der Waals surface area contributed by atoms with Gasteiger partial charge in [-0.3, -0.25) is 9.69 Å². The van der Waals surface area contributed by atoms with Gasteiger partial charge in [-0.15, -0.1) is 0 Å². The van der Waals surface area contributed by atoms with E-state index in [0.29, 0.717) is 37.1 Å². The Morgan fingerprint density at radius 3 is 2.51 bits per heavy atom. The molecule has 1 aromatic carbocycles. The van der Waals surface area contributed by atoms with Crippen LogP contribution >= 0.6 is 0 Å². The quantitative estimate of drug-likeness (QED) is 0.398. The van der Waals surface area contributed by atoms with Gasteiger partial charge in [-0.05, 0) is 75.9 Å². The number of hydrogen-bond donors (Lipinski definition) is 1. The average molecular weight is 570 g/mol. The molecule has 1 unspecified atom stereocenters. The molecule has 218 valence electrons. The normalized spacial score (nSPS) is 28.1. The number of aromatic nitrogens is 3. The fraction of sp³-hybridized carbons (Fsp3) is 0.567. The summed E-state index contributed by atoms with van der Waals surface area (Å²) in [6.45, 7) is 4.23. The molecule has 5 fully saturated rings. The van der Waals surface area contributed by atoms with Gasteiger partial charge in [-0.1, -0.05) is 6.07 Å². The lowest BCUT2D eigenvalue weighted by Crippen LogP contribution is -2.69. The number of ether oxygens (including phenoxy) is 2. The van der Waals surface area contributed by atoms with Gasteiger partial charge in [0, 0.05) is 35.3 Å². The molecule has 1 atom stereocenters. The zero-order valence-electron chi connectivity index (χ0n) is 22.8. The number of rotatable bonds is 9. The number of pyridine rings is 1. The number of halogens is 3. The van der Waals surface area contributed by atoms with Crippen LogP contribution < -0.4 is 10.5 Å². The highest BCUT2D eigenvalue weighted by molar-refractivity contribution is 5.96. The Bertz CT molecular complexity index is 1460. The third-order valence-electron chi connectivity index (χ3n) is 9.68. The van der Waals surface area contributed by atoms with Crippen LogP contribution in [0.25, 0.3) is 11.0 Å². The summed E-state index contributed by atoms with van der Waals surface area (Å²) in [6, 6.07) is 11.1. The summed E-state index contributed by atoms with van der Waals surface area (Å²) < 4.78 is 53.3. The highest BCUT2D eigenvalue weighted by Crippen LogP contribution is 2.78. The second-order valence-corrected chi connectivity index (χ2v) is 12.5. The van der Waals surface area contributed by atoms with E-state index < -0.39 is 17.5 Å². The fourth-order valence-electron chi connectivity index (χ4n) is 7.29. The summed E-state index contributed by atoms with van der Waals surface area (Å²) in [5.74, 6) is 1.28. The molecule has 2 saturated heterocycles. The lowest BCUT2D eigenvalue weighted by Gasteiger charge is -2.70. The highest BCUT2D eigenvalue weighted by atomic mass is 19.4. The van der Waals surface area contributed by atoms with E-state index in [1.807, 2.05) is 24.3 Å². The molecule has 2 aliphatic heterocycles. The maximum absolute atomic E-state index is 13.2. The summed E-state index contributed by atoms with van der Waals surface area (Å²) in [6.07, 6.45) is -0.548. The number of primary amides is 1. The van der Waals surface area contributed by atoms with Crippen molar-refractivity contribution in [1.29, 1.82) is 0 Å². The molecule has 4 heterocycles. The van der Waals surface area contributed by atoms with Gasteiger partial charge < -0.3 is 19.8 Å². The summed E-state index contributed by atoms with van der Waals surface area (Å²) in [7, 11) is 0. The Morgan fingerprint density at radius 1 is 1.10 bits per heavy atom. The van der Waals surface area contributed by atoms with Crippen molar-refractivity contribution in [2.45, 2.75) is 69.8 Å². The van der Waals surface area contributed by atoms with E-state index in [9.17, 15) is 18.0 Å². The van der Waals surface area contributed by atoms with E-state index in [0.717, 1.165) is 61.5 Å². The van der Waals surface area contributed by atoms with Gasteiger partial charge in [0.15, 0.2) is 0 Å². The first-order chi connectivity index (χ1) is 19.6. The molecule has 8 rings (SSSR count). The number of hydrogen-bond acceptors (Lipinski definition) is 6.